The Hall–Kier alpha value is -2.96. The van der Waals surface area contributed by atoms with Crippen molar-refractivity contribution in [1.82, 2.24) is 15.2 Å². The number of hydrogen-bond donors (Lipinski definition) is 1. The number of pyridine rings is 1. The summed E-state index contributed by atoms with van der Waals surface area (Å²) in [5.74, 6) is -0.390. The molecule has 1 aliphatic rings. The van der Waals surface area contributed by atoms with Crippen LogP contribution in [0.15, 0.2) is 42.6 Å². The van der Waals surface area contributed by atoms with Gasteiger partial charge in [-0.2, -0.15) is 0 Å². The van der Waals surface area contributed by atoms with Gasteiger partial charge in [0.05, 0.1) is 0 Å². The van der Waals surface area contributed by atoms with Crippen molar-refractivity contribution in [2.75, 3.05) is 19.7 Å². The zero-order valence-corrected chi connectivity index (χ0v) is 12.9. The van der Waals surface area contributed by atoms with Gasteiger partial charge < -0.3 is 15.0 Å². The van der Waals surface area contributed by atoms with Gasteiger partial charge in [-0.1, -0.05) is 6.07 Å². The Balaban J connectivity index is 1.60. The lowest BCUT2D eigenvalue weighted by Gasteiger charge is -2.20. The van der Waals surface area contributed by atoms with Crippen LogP contribution in [-0.4, -0.2) is 41.4 Å². The van der Waals surface area contributed by atoms with Crippen molar-refractivity contribution in [3.05, 3.63) is 59.7 Å². The average Bonchev–Trinajstić information content (AvgIpc) is 2.75. The van der Waals surface area contributed by atoms with E-state index in [-0.39, 0.29) is 37.3 Å². The fourth-order valence-corrected chi connectivity index (χ4v) is 2.43. The van der Waals surface area contributed by atoms with Crippen molar-refractivity contribution in [1.29, 1.82) is 0 Å². The summed E-state index contributed by atoms with van der Waals surface area (Å²) in [7, 11) is 0. The zero-order chi connectivity index (χ0) is 16.9. The van der Waals surface area contributed by atoms with Crippen LogP contribution in [0.1, 0.15) is 16.1 Å². The molecule has 0 saturated heterocycles. The molecule has 7 heteroatoms. The topological polar surface area (TPSA) is 71.5 Å². The number of aromatic nitrogens is 1. The molecule has 3 rings (SSSR count). The molecule has 1 aliphatic heterocycles. The van der Waals surface area contributed by atoms with Gasteiger partial charge in [-0.25, -0.2) is 4.39 Å². The molecule has 6 nitrogen and oxygen atoms in total. The Bertz CT molecular complexity index is 752. The van der Waals surface area contributed by atoms with Crippen LogP contribution in [0.5, 0.6) is 5.75 Å². The quantitative estimate of drug-likeness (QED) is 0.920. The summed E-state index contributed by atoms with van der Waals surface area (Å²) >= 11 is 0. The molecule has 1 aromatic heterocycles. The minimum absolute atomic E-state index is 0.104. The van der Waals surface area contributed by atoms with Gasteiger partial charge in [0.25, 0.3) is 11.8 Å². The lowest BCUT2D eigenvalue weighted by molar-refractivity contribution is -0.133. The van der Waals surface area contributed by atoms with E-state index in [4.69, 9.17) is 4.74 Å². The van der Waals surface area contributed by atoms with Crippen LogP contribution in [-0.2, 0) is 11.3 Å². The number of carbonyl (C=O) groups excluding carboxylic acids is 2. The fraction of sp³-hybridized carbons (Fsp3) is 0.235. The second-order valence-corrected chi connectivity index (χ2v) is 5.33. The Morgan fingerprint density at radius 3 is 3.00 bits per heavy atom. The second-order valence-electron chi connectivity index (χ2n) is 5.33. The predicted molar refractivity (Wildman–Crippen MR) is 83.9 cm³/mol. The van der Waals surface area contributed by atoms with E-state index in [1.54, 1.807) is 18.2 Å². The standard InChI is InChI=1S/C17H16FN3O3/c18-13-4-5-15-12(9-13)10-21(16(22)11-24-15)8-7-20-17(23)14-3-1-2-6-19-14/h1-6,9H,7-8,10-11H2,(H,20,23). The molecule has 0 unspecified atom stereocenters. The van der Waals surface area contributed by atoms with Gasteiger partial charge in [0.1, 0.15) is 17.3 Å². The monoisotopic (exact) mass is 329 g/mol. The highest BCUT2D eigenvalue weighted by Gasteiger charge is 2.21. The second kappa shape index (κ2) is 7.08. The minimum Gasteiger partial charge on any atom is -0.483 e. The maximum Gasteiger partial charge on any atom is 0.269 e. The summed E-state index contributed by atoms with van der Waals surface area (Å²) < 4.78 is 18.8. The van der Waals surface area contributed by atoms with E-state index in [9.17, 15) is 14.0 Å². The van der Waals surface area contributed by atoms with E-state index >= 15 is 0 Å². The minimum atomic E-state index is -0.380. The highest BCUT2D eigenvalue weighted by molar-refractivity contribution is 5.92. The molecule has 0 bridgehead atoms. The molecule has 2 heterocycles. The summed E-state index contributed by atoms with van der Waals surface area (Å²) in [5, 5.41) is 2.71. The molecular weight excluding hydrogens is 313 g/mol. The Labute approximate surface area is 138 Å². The zero-order valence-electron chi connectivity index (χ0n) is 12.9. The van der Waals surface area contributed by atoms with Gasteiger partial charge in [0.15, 0.2) is 6.61 Å². The van der Waals surface area contributed by atoms with Gasteiger partial charge in [-0.3, -0.25) is 14.6 Å². The molecule has 1 N–H and O–H groups in total. The smallest absolute Gasteiger partial charge is 0.269 e. The third-order valence-electron chi connectivity index (χ3n) is 3.65. The van der Waals surface area contributed by atoms with Gasteiger partial charge in [0, 0.05) is 31.4 Å². The van der Waals surface area contributed by atoms with Crippen LogP contribution in [0, 0.1) is 5.82 Å². The molecular formula is C17H16FN3O3. The predicted octanol–water partition coefficient (Wildman–Crippen LogP) is 1.37. The van der Waals surface area contributed by atoms with Crippen molar-refractivity contribution in [2.24, 2.45) is 0 Å². The number of amides is 2. The number of nitrogens with zero attached hydrogens (tertiary/aromatic N) is 2. The number of ether oxygens (including phenoxy) is 1. The summed E-state index contributed by atoms with van der Waals surface area (Å²) in [6, 6.07) is 9.23. The SMILES string of the molecule is O=C(NCCN1Cc2cc(F)ccc2OCC1=O)c1ccccn1. The van der Waals surface area contributed by atoms with Crippen molar-refractivity contribution < 1.29 is 18.7 Å². The molecule has 0 saturated carbocycles. The number of nitrogens with one attached hydrogen (secondary N) is 1. The van der Waals surface area contributed by atoms with Crippen LogP contribution < -0.4 is 10.1 Å². The molecule has 0 fully saturated rings. The van der Waals surface area contributed by atoms with E-state index < -0.39 is 0 Å². The van der Waals surface area contributed by atoms with E-state index in [1.165, 1.54) is 29.3 Å². The lowest BCUT2D eigenvalue weighted by atomic mass is 10.2. The van der Waals surface area contributed by atoms with Crippen LogP contribution in [0.3, 0.4) is 0 Å². The normalized spacial score (nSPS) is 13.7. The van der Waals surface area contributed by atoms with Gasteiger partial charge in [0.2, 0.25) is 0 Å². The highest BCUT2D eigenvalue weighted by Crippen LogP contribution is 2.24. The molecule has 2 amide bonds. The lowest BCUT2D eigenvalue weighted by Crippen LogP contribution is -2.39. The van der Waals surface area contributed by atoms with Crippen molar-refractivity contribution in [3.8, 4) is 5.75 Å². The van der Waals surface area contributed by atoms with Gasteiger partial charge >= 0.3 is 0 Å². The van der Waals surface area contributed by atoms with Crippen molar-refractivity contribution in [3.63, 3.8) is 0 Å². The van der Waals surface area contributed by atoms with E-state index in [0.717, 1.165) is 0 Å². The first-order valence-electron chi connectivity index (χ1n) is 7.52. The van der Waals surface area contributed by atoms with Crippen molar-refractivity contribution >= 4 is 11.8 Å². The van der Waals surface area contributed by atoms with Crippen molar-refractivity contribution in [2.45, 2.75) is 6.54 Å². The first-order valence-corrected chi connectivity index (χ1v) is 7.52. The number of carbonyl (C=O) groups is 2. The van der Waals surface area contributed by atoms with E-state index in [0.29, 0.717) is 23.6 Å². The Kier molecular flexibility index (Phi) is 4.69. The summed E-state index contributed by atoms with van der Waals surface area (Å²) in [4.78, 5) is 29.5. The fourth-order valence-electron chi connectivity index (χ4n) is 2.43. The van der Waals surface area contributed by atoms with Crippen LogP contribution in [0.2, 0.25) is 0 Å². The summed E-state index contributed by atoms with van der Waals surface area (Å²) in [6.45, 7) is 0.709. The number of hydrogen-bond acceptors (Lipinski definition) is 4. The first-order chi connectivity index (χ1) is 11.6. The molecule has 2 aromatic rings. The molecule has 0 spiro atoms. The summed E-state index contributed by atoms with van der Waals surface area (Å²) in [5.41, 5.74) is 0.923. The average molecular weight is 329 g/mol. The number of halogens is 1. The maximum absolute atomic E-state index is 13.4. The molecule has 124 valence electrons. The third kappa shape index (κ3) is 3.68. The molecule has 0 radical (unpaired) electrons. The van der Waals surface area contributed by atoms with E-state index in [2.05, 4.69) is 10.3 Å². The van der Waals surface area contributed by atoms with Crippen LogP contribution in [0.4, 0.5) is 4.39 Å². The summed E-state index contributed by atoms with van der Waals surface area (Å²) in [6.07, 6.45) is 1.54. The highest BCUT2D eigenvalue weighted by atomic mass is 19.1. The number of benzene rings is 1. The van der Waals surface area contributed by atoms with Crippen LogP contribution in [0.25, 0.3) is 0 Å². The largest absolute Gasteiger partial charge is 0.483 e. The molecule has 1 aromatic carbocycles. The number of fused-ring (bicyclic) bond motifs is 1. The molecule has 0 atom stereocenters. The first kappa shape index (κ1) is 15.9. The van der Waals surface area contributed by atoms with Crippen LogP contribution >= 0.6 is 0 Å². The van der Waals surface area contributed by atoms with Gasteiger partial charge in [-0.05, 0) is 30.3 Å². The number of rotatable bonds is 4. The molecule has 24 heavy (non-hydrogen) atoms. The maximum atomic E-state index is 13.4. The Morgan fingerprint density at radius 1 is 1.33 bits per heavy atom. The van der Waals surface area contributed by atoms with Gasteiger partial charge in [-0.15, -0.1) is 0 Å². The third-order valence-corrected chi connectivity index (χ3v) is 3.65. The van der Waals surface area contributed by atoms with E-state index in [1.807, 2.05) is 0 Å². The Morgan fingerprint density at radius 2 is 2.21 bits per heavy atom. The molecule has 0 aliphatic carbocycles.